The molecule has 4 nitrogen and oxygen atoms in total. The molecular formula is C14H16BrFN2O2. The number of halogens is 2. The summed E-state index contributed by atoms with van der Waals surface area (Å²) in [6, 6.07) is 4.36. The Morgan fingerprint density at radius 2 is 2.20 bits per heavy atom. The van der Waals surface area contributed by atoms with E-state index in [1.165, 1.54) is 6.07 Å². The summed E-state index contributed by atoms with van der Waals surface area (Å²) in [6.07, 6.45) is 3.02. The van der Waals surface area contributed by atoms with Crippen LogP contribution in [0.25, 0.3) is 10.8 Å². The van der Waals surface area contributed by atoms with Gasteiger partial charge in [0, 0.05) is 18.8 Å². The second-order valence-electron chi connectivity index (χ2n) is 4.75. The zero-order valence-electron chi connectivity index (χ0n) is 10.9. The van der Waals surface area contributed by atoms with E-state index < -0.39 is 5.82 Å². The summed E-state index contributed by atoms with van der Waals surface area (Å²) in [5.41, 5.74) is 5.39. The average molecular weight is 343 g/mol. The number of fused-ring (bicyclic) bond motifs is 1. The third kappa shape index (κ3) is 3.26. The second kappa shape index (κ2) is 6.47. The number of pyridine rings is 1. The Morgan fingerprint density at radius 3 is 2.90 bits per heavy atom. The van der Waals surface area contributed by atoms with E-state index in [1.807, 2.05) is 0 Å². The molecule has 2 aromatic rings. The van der Waals surface area contributed by atoms with Gasteiger partial charge in [-0.05, 0) is 52.4 Å². The third-order valence-electron chi connectivity index (χ3n) is 3.23. The summed E-state index contributed by atoms with van der Waals surface area (Å²) in [5.74, 6) is -0.449. The number of rotatable bonds is 5. The molecule has 2 rings (SSSR count). The number of hydrogen-bond acceptors (Lipinski definition) is 3. The largest absolute Gasteiger partial charge is 0.395 e. The molecule has 0 saturated heterocycles. The molecule has 1 atom stereocenters. The molecule has 0 aliphatic heterocycles. The van der Waals surface area contributed by atoms with E-state index in [0.29, 0.717) is 34.6 Å². The lowest BCUT2D eigenvalue weighted by molar-refractivity contribution is 0.257. The molecule has 0 aliphatic carbocycles. The molecule has 0 unspecified atom stereocenters. The van der Waals surface area contributed by atoms with Crippen LogP contribution in [0.4, 0.5) is 4.39 Å². The standard InChI is InChI=1S/C14H16BrFN2O2/c15-12-6-9-3-5-18(4-1-2-10(17)8-19)14(20)11(9)7-13(12)16/h3,5-7,10,19H,1-2,4,8,17H2/t10-/m1/s1. The van der Waals surface area contributed by atoms with Crippen molar-refractivity contribution >= 4 is 26.7 Å². The molecule has 0 aliphatic rings. The van der Waals surface area contributed by atoms with E-state index in [9.17, 15) is 9.18 Å². The average Bonchev–Trinajstić information content (AvgIpc) is 2.43. The number of hydrogen-bond donors (Lipinski definition) is 2. The van der Waals surface area contributed by atoms with E-state index in [0.717, 1.165) is 0 Å². The van der Waals surface area contributed by atoms with Crippen molar-refractivity contribution in [3.05, 3.63) is 45.0 Å². The fourth-order valence-electron chi connectivity index (χ4n) is 2.07. The minimum Gasteiger partial charge on any atom is -0.395 e. The van der Waals surface area contributed by atoms with Crippen molar-refractivity contribution in [2.45, 2.75) is 25.4 Å². The number of benzene rings is 1. The van der Waals surface area contributed by atoms with Crippen LogP contribution in [0, 0.1) is 5.82 Å². The maximum Gasteiger partial charge on any atom is 0.258 e. The summed E-state index contributed by atoms with van der Waals surface area (Å²) >= 11 is 3.10. The minimum absolute atomic E-state index is 0.0636. The Bertz CT molecular complexity index is 672. The van der Waals surface area contributed by atoms with Crippen molar-refractivity contribution in [3.8, 4) is 0 Å². The van der Waals surface area contributed by atoms with Gasteiger partial charge in [0.1, 0.15) is 5.82 Å². The Labute approximate surface area is 124 Å². The van der Waals surface area contributed by atoms with Gasteiger partial charge in [0.05, 0.1) is 16.5 Å². The van der Waals surface area contributed by atoms with Crippen molar-refractivity contribution in [3.63, 3.8) is 0 Å². The second-order valence-corrected chi connectivity index (χ2v) is 5.61. The van der Waals surface area contributed by atoms with Gasteiger partial charge in [-0.3, -0.25) is 4.79 Å². The highest BCUT2D eigenvalue weighted by Gasteiger charge is 2.08. The normalized spacial score (nSPS) is 12.8. The molecule has 0 radical (unpaired) electrons. The molecular weight excluding hydrogens is 327 g/mol. The van der Waals surface area contributed by atoms with Crippen LogP contribution in [-0.2, 0) is 6.54 Å². The number of aromatic nitrogens is 1. The summed E-state index contributed by atoms with van der Waals surface area (Å²) in [5, 5.41) is 9.91. The third-order valence-corrected chi connectivity index (χ3v) is 3.83. The van der Waals surface area contributed by atoms with Gasteiger partial charge < -0.3 is 15.4 Å². The summed E-state index contributed by atoms with van der Waals surface area (Å²) in [6.45, 7) is 0.437. The maximum absolute atomic E-state index is 13.5. The van der Waals surface area contributed by atoms with Crippen molar-refractivity contribution < 1.29 is 9.50 Å². The number of aliphatic hydroxyl groups excluding tert-OH is 1. The van der Waals surface area contributed by atoms with Crippen LogP contribution in [0.2, 0.25) is 0 Å². The first-order chi connectivity index (χ1) is 9.52. The van der Waals surface area contributed by atoms with Crippen molar-refractivity contribution in [1.29, 1.82) is 0 Å². The first-order valence-corrected chi connectivity index (χ1v) is 7.17. The first kappa shape index (κ1) is 15.2. The lowest BCUT2D eigenvalue weighted by atomic mass is 10.1. The first-order valence-electron chi connectivity index (χ1n) is 6.37. The Morgan fingerprint density at radius 1 is 1.45 bits per heavy atom. The van der Waals surface area contributed by atoms with Gasteiger partial charge in [-0.15, -0.1) is 0 Å². The van der Waals surface area contributed by atoms with Crippen LogP contribution >= 0.6 is 15.9 Å². The van der Waals surface area contributed by atoms with Crippen LogP contribution < -0.4 is 11.3 Å². The molecule has 0 bridgehead atoms. The van der Waals surface area contributed by atoms with Crippen LogP contribution in [0.5, 0.6) is 0 Å². The number of aliphatic hydroxyl groups is 1. The van der Waals surface area contributed by atoms with Crippen LogP contribution in [-0.4, -0.2) is 22.3 Å². The highest BCUT2D eigenvalue weighted by Crippen LogP contribution is 2.21. The summed E-state index contributed by atoms with van der Waals surface area (Å²) in [4.78, 5) is 12.2. The number of nitrogens with zero attached hydrogens (tertiary/aromatic N) is 1. The predicted molar refractivity (Wildman–Crippen MR) is 80.2 cm³/mol. The Balaban J connectivity index is 2.25. The molecule has 0 saturated carbocycles. The molecule has 1 heterocycles. The van der Waals surface area contributed by atoms with Crippen LogP contribution in [0.3, 0.4) is 0 Å². The summed E-state index contributed by atoms with van der Waals surface area (Å²) in [7, 11) is 0. The lowest BCUT2D eigenvalue weighted by Gasteiger charge is -2.10. The molecule has 0 fully saturated rings. The van der Waals surface area contributed by atoms with Crippen molar-refractivity contribution in [2.75, 3.05) is 6.61 Å². The highest BCUT2D eigenvalue weighted by atomic mass is 79.9. The zero-order valence-corrected chi connectivity index (χ0v) is 12.4. The van der Waals surface area contributed by atoms with Gasteiger partial charge >= 0.3 is 0 Å². The zero-order chi connectivity index (χ0) is 14.7. The maximum atomic E-state index is 13.5. The van der Waals surface area contributed by atoms with Crippen molar-refractivity contribution in [2.24, 2.45) is 5.73 Å². The van der Waals surface area contributed by atoms with Crippen LogP contribution in [0.1, 0.15) is 12.8 Å². The Kier molecular flexibility index (Phi) is 4.91. The molecule has 0 amide bonds. The fraction of sp³-hybridized carbons (Fsp3) is 0.357. The predicted octanol–water partition coefficient (Wildman–Crippen LogP) is 2.00. The summed E-state index contributed by atoms with van der Waals surface area (Å²) < 4.78 is 15.4. The number of nitrogens with two attached hydrogens (primary N) is 1. The molecule has 108 valence electrons. The van der Waals surface area contributed by atoms with E-state index in [-0.39, 0.29) is 18.2 Å². The molecule has 20 heavy (non-hydrogen) atoms. The molecule has 1 aromatic heterocycles. The van der Waals surface area contributed by atoms with E-state index in [1.54, 1.807) is 22.9 Å². The van der Waals surface area contributed by atoms with E-state index >= 15 is 0 Å². The minimum atomic E-state index is -0.449. The van der Waals surface area contributed by atoms with Gasteiger partial charge in [0.2, 0.25) is 0 Å². The monoisotopic (exact) mass is 342 g/mol. The topological polar surface area (TPSA) is 68.2 Å². The van der Waals surface area contributed by atoms with Gasteiger partial charge in [-0.2, -0.15) is 0 Å². The fourth-order valence-corrected chi connectivity index (χ4v) is 2.43. The molecule has 1 aromatic carbocycles. The SMILES string of the molecule is N[C@@H](CO)CCCn1ccc2cc(Br)c(F)cc2c1=O. The van der Waals surface area contributed by atoms with Gasteiger partial charge in [0.25, 0.3) is 5.56 Å². The van der Waals surface area contributed by atoms with Crippen LogP contribution in [0.15, 0.2) is 33.7 Å². The van der Waals surface area contributed by atoms with Gasteiger partial charge in [0.15, 0.2) is 0 Å². The smallest absolute Gasteiger partial charge is 0.258 e. The number of aryl methyl sites for hydroxylation is 1. The lowest BCUT2D eigenvalue weighted by Crippen LogP contribution is -2.26. The highest BCUT2D eigenvalue weighted by molar-refractivity contribution is 9.10. The van der Waals surface area contributed by atoms with Crippen molar-refractivity contribution in [1.82, 2.24) is 4.57 Å². The molecule has 0 spiro atoms. The molecule has 3 N–H and O–H groups in total. The van der Waals surface area contributed by atoms with Gasteiger partial charge in [-0.1, -0.05) is 0 Å². The van der Waals surface area contributed by atoms with E-state index in [4.69, 9.17) is 10.8 Å². The van der Waals surface area contributed by atoms with Gasteiger partial charge in [-0.25, -0.2) is 4.39 Å². The molecule has 6 heteroatoms. The quantitative estimate of drug-likeness (QED) is 0.873. The Hall–Kier alpha value is -1.24. The van der Waals surface area contributed by atoms with E-state index in [2.05, 4.69) is 15.9 Å².